The molecular weight excluding hydrogens is 288 g/mol. The van der Waals surface area contributed by atoms with E-state index in [0.29, 0.717) is 0 Å². The van der Waals surface area contributed by atoms with Crippen molar-refractivity contribution in [2.24, 2.45) is 0 Å². The van der Waals surface area contributed by atoms with Gasteiger partial charge < -0.3 is 0 Å². The lowest BCUT2D eigenvalue weighted by Gasteiger charge is -2.21. The molecule has 1 aromatic heterocycles. The van der Waals surface area contributed by atoms with E-state index in [4.69, 9.17) is 9.97 Å². The molecule has 0 bridgehead atoms. The van der Waals surface area contributed by atoms with Crippen LogP contribution in [0.15, 0.2) is 59.8 Å². The summed E-state index contributed by atoms with van der Waals surface area (Å²) in [5.41, 5.74) is 7.31. The average Bonchev–Trinajstić information content (AvgIpc) is 2.61. The summed E-state index contributed by atoms with van der Waals surface area (Å²) >= 11 is 1.60. The van der Waals surface area contributed by atoms with E-state index in [9.17, 15) is 0 Å². The number of thioether (sulfide) groups is 1. The van der Waals surface area contributed by atoms with Crippen molar-refractivity contribution >= 4 is 11.8 Å². The van der Waals surface area contributed by atoms with E-state index in [1.807, 2.05) is 12.3 Å². The van der Waals surface area contributed by atoms with Gasteiger partial charge in [-0.15, -0.1) is 0 Å². The summed E-state index contributed by atoms with van der Waals surface area (Å²) in [5, 5.41) is 0.842. The number of aryl methyl sites for hydroxylation is 1. The molecule has 22 heavy (non-hydrogen) atoms. The van der Waals surface area contributed by atoms with Crippen molar-refractivity contribution in [3.05, 3.63) is 65.7 Å². The van der Waals surface area contributed by atoms with E-state index < -0.39 is 0 Å². The van der Waals surface area contributed by atoms with Crippen molar-refractivity contribution in [3.8, 4) is 22.5 Å². The van der Waals surface area contributed by atoms with Gasteiger partial charge in [0.1, 0.15) is 0 Å². The van der Waals surface area contributed by atoms with Gasteiger partial charge in [0, 0.05) is 16.7 Å². The first-order valence-corrected chi connectivity index (χ1v) is 8.68. The minimum atomic E-state index is 0.842. The third kappa shape index (κ3) is 2.22. The van der Waals surface area contributed by atoms with Crippen LogP contribution in [0, 0.1) is 0 Å². The number of hydrogen-bond acceptors (Lipinski definition) is 3. The summed E-state index contributed by atoms with van der Waals surface area (Å²) in [5.74, 6) is 0. The number of nitrogens with zero attached hydrogens (tertiary/aromatic N) is 2. The Bertz CT molecular complexity index is 811. The van der Waals surface area contributed by atoms with Crippen LogP contribution in [-0.2, 0) is 12.8 Å². The predicted molar refractivity (Wildman–Crippen MR) is 92.1 cm³/mol. The summed E-state index contributed by atoms with van der Waals surface area (Å²) in [4.78, 5) is 9.61. The van der Waals surface area contributed by atoms with Crippen LogP contribution in [-0.4, -0.2) is 16.2 Å². The zero-order valence-electron chi connectivity index (χ0n) is 12.4. The predicted octanol–water partition coefficient (Wildman–Crippen LogP) is 4.63. The van der Waals surface area contributed by atoms with Crippen LogP contribution in [0.4, 0.5) is 0 Å². The molecule has 2 nitrogen and oxygen atoms in total. The average molecular weight is 304 g/mol. The molecule has 3 heteroatoms. The van der Waals surface area contributed by atoms with Crippen molar-refractivity contribution < 1.29 is 0 Å². The summed E-state index contributed by atoms with van der Waals surface area (Å²) in [6, 6.07) is 19.0. The van der Waals surface area contributed by atoms with Crippen LogP contribution >= 0.6 is 11.8 Å². The molecule has 0 atom stereocenters. The lowest BCUT2D eigenvalue weighted by molar-refractivity contribution is 0.874. The topological polar surface area (TPSA) is 25.8 Å². The largest absolute Gasteiger partial charge is 0.222 e. The van der Waals surface area contributed by atoms with Crippen LogP contribution in [0.5, 0.6) is 0 Å². The van der Waals surface area contributed by atoms with Gasteiger partial charge in [-0.2, -0.15) is 0 Å². The van der Waals surface area contributed by atoms with Crippen molar-refractivity contribution in [1.82, 2.24) is 9.97 Å². The summed E-state index contributed by atoms with van der Waals surface area (Å²) in [7, 11) is 0. The molecule has 0 fully saturated rings. The Morgan fingerprint density at radius 1 is 0.818 bits per heavy atom. The molecule has 1 aliphatic rings. The van der Waals surface area contributed by atoms with E-state index in [0.717, 1.165) is 29.4 Å². The van der Waals surface area contributed by atoms with Crippen LogP contribution < -0.4 is 0 Å². The molecule has 0 unspecified atom stereocenters. The highest BCUT2D eigenvalue weighted by molar-refractivity contribution is 7.98. The van der Waals surface area contributed by atoms with Gasteiger partial charge in [-0.25, -0.2) is 9.97 Å². The number of rotatable bonds is 2. The monoisotopic (exact) mass is 304 g/mol. The van der Waals surface area contributed by atoms with Crippen LogP contribution in [0.2, 0.25) is 0 Å². The molecule has 0 saturated heterocycles. The Morgan fingerprint density at radius 2 is 1.55 bits per heavy atom. The van der Waals surface area contributed by atoms with Gasteiger partial charge in [0.05, 0.1) is 11.4 Å². The van der Waals surface area contributed by atoms with E-state index >= 15 is 0 Å². The Morgan fingerprint density at radius 3 is 2.36 bits per heavy atom. The highest BCUT2D eigenvalue weighted by Gasteiger charge is 2.22. The van der Waals surface area contributed by atoms with Crippen molar-refractivity contribution in [1.29, 1.82) is 0 Å². The first kappa shape index (κ1) is 13.5. The number of fused-ring (bicyclic) bond motifs is 3. The lowest BCUT2D eigenvalue weighted by Crippen LogP contribution is -2.10. The molecule has 0 aliphatic heterocycles. The van der Waals surface area contributed by atoms with E-state index in [1.165, 1.54) is 22.3 Å². The van der Waals surface area contributed by atoms with Crippen molar-refractivity contribution in [2.45, 2.75) is 18.0 Å². The second-order valence-corrected chi connectivity index (χ2v) is 6.18. The normalized spacial score (nSPS) is 12.6. The van der Waals surface area contributed by atoms with Crippen LogP contribution in [0.1, 0.15) is 11.1 Å². The Hall–Kier alpha value is -2.13. The maximum Gasteiger partial charge on any atom is 0.188 e. The smallest absolute Gasteiger partial charge is 0.188 e. The maximum atomic E-state index is 4.81. The second kappa shape index (κ2) is 5.58. The summed E-state index contributed by atoms with van der Waals surface area (Å²) in [6.45, 7) is 0. The van der Waals surface area contributed by atoms with Crippen LogP contribution in [0.3, 0.4) is 0 Å². The molecule has 0 saturated carbocycles. The minimum absolute atomic E-state index is 0.842. The fourth-order valence-electron chi connectivity index (χ4n) is 3.08. The molecule has 0 N–H and O–H groups in total. The molecule has 0 amide bonds. The third-order valence-corrected chi connectivity index (χ3v) is 4.68. The van der Waals surface area contributed by atoms with Gasteiger partial charge in [0.25, 0.3) is 0 Å². The molecule has 108 valence electrons. The van der Waals surface area contributed by atoms with Gasteiger partial charge in [-0.3, -0.25) is 0 Å². The molecule has 1 aliphatic carbocycles. The lowest BCUT2D eigenvalue weighted by atomic mass is 9.87. The minimum Gasteiger partial charge on any atom is -0.222 e. The SMILES string of the molecule is CSc1nc(-c2ccccc2)c2c(n1)-c1ccccc1CC2. The van der Waals surface area contributed by atoms with Crippen molar-refractivity contribution in [3.63, 3.8) is 0 Å². The van der Waals surface area contributed by atoms with E-state index in [-0.39, 0.29) is 0 Å². The van der Waals surface area contributed by atoms with E-state index in [1.54, 1.807) is 11.8 Å². The van der Waals surface area contributed by atoms with Gasteiger partial charge in [0.15, 0.2) is 5.16 Å². The second-order valence-electron chi connectivity index (χ2n) is 5.41. The molecule has 2 aromatic carbocycles. The van der Waals surface area contributed by atoms with Gasteiger partial charge in [-0.1, -0.05) is 66.4 Å². The highest BCUT2D eigenvalue weighted by Crippen LogP contribution is 2.37. The zero-order valence-corrected chi connectivity index (χ0v) is 13.2. The molecule has 4 rings (SSSR count). The standard InChI is InChI=1S/C19H16N2S/c1-22-19-20-17(14-8-3-2-4-9-14)16-12-11-13-7-5-6-10-15(13)18(16)21-19/h2-10H,11-12H2,1H3. The fraction of sp³-hybridized carbons (Fsp3) is 0.158. The van der Waals surface area contributed by atoms with Crippen molar-refractivity contribution in [2.75, 3.05) is 6.26 Å². The van der Waals surface area contributed by atoms with E-state index in [2.05, 4.69) is 48.5 Å². The molecule has 3 aromatic rings. The molecule has 1 heterocycles. The zero-order chi connectivity index (χ0) is 14.9. The Labute approximate surface area is 134 Å². The number of hydrogen-bond donors (Lipinski definition) is 0. The van der Waals surface area contributed by atoms with Gasteiger partial charge >= 0.3 is 0 Å². The first-order chi connectivity index (χ1) is 10.9. The highest BCUT2D eigenvalue weighted by atomic mass is 32.2. The molecular formula is C19H16N2S. The third-order valence-electron chi connectivity index (χ3n) is 4.13. The number of benzene rings is 2. The Balaban J connectivity index is 1.99. The fourth-order valence-corrected chi connectivity index (χ4v) is 3.44. The molecule has 0 radical (unpaired) electrons. The summed E-state index contributed by atoms with van der Waals surface area (Å²) < 4.78 is 0. The first-order valence-electron chi connectivity index (χ1n) is 7.45. The van der Waals surface area contributed by atoms with Gasteiger partial charge in [0.2, 0.25) is 0 Å². The molecule has 0 spiro atoms. The van der Waals surface area contributed by atoms with Gasteiger partial charge in [-0.05, 0) is 24.7 Å². The number of aromatic nitrogens is 2. The quantitative estimate of drug-likeness (QED) is 0.510. The maximum absolute atomic E-state index is 4.81. The summed E-state index contributed by atoms with van der Waals surface area (Å²) in [6.07, 6.45) is 4.10. The van der Waals surface area contributed by atoms with Crippen LogP contribution in [0.25, 0.3) is 22.5 Å². The Kier molecular flexibility index (Phi) is 3.43.